The van der Waals surface area contributed by atoms with Crippen LogP contribution in [0.3, 0.4) is 0 Å². The van der Waals surface area contributed by atoms with Crippen molar-refractivity contribution in [2.45, 2.75) is 69.9 Å². The lowest BCUT2D eigenvalue weighted by atomic mass is 9.94. The van der Waals surface area contributed by atoms with Crippen LogP contribution in [0.15, 0.2) is 0 Å². The van der Waals surface area contributed by atoms with Crippen molar-refractivity contribution >= 4 is 5.91 Å². The quantitative estimate of drug-likeness (QED) is 0.810. The minimum atomic E-state index is 0.264. The zero-order valence-corrected chi connectivity index (χ0v) is 12.9. The lowest BCUT2D eigenvalue weighted by Gasteiger charge is -2.33. The number of carbonyl (C=O) groups is 1. The topological polar surface area (TPSA) is 43.8 Å². The van der Waals surface area contributed by atoms with Crippen LogP contribution in [0.25, 0.3) is 0 Å². The molecule has 1 saturated carbocycles. The predicted molar refractivity (Wildman–Crippen MR) is 80.6 cm³/mol. The zero-order valence-electron chi connectivity index (χ0n) is 12.9. The Balaban J connectivity index is 1.80. The lowest BCUT2D eigenvalue weighted by molar-refractivity contribution is -0.134. The maximum Gasteiger partial charge on any atom is 0.236 e. The second-order valence-corrected chi connectivity index (χ2v) is 6.43. The molecule has 0 aromatic rings. The highest BCUT2D eigenvalue weighted by molar-refractivity contribution is 5.78. The number of hydrogen-bond acceptors (Lipinski definition) is 3. The summed E-state index contributed by atoms with van der Waals surface area (Å²) in [6.45, 7) is 1.88. The van der Waals surface area contributed by atoms with Gasteiger partial charge in [-0.15, -0.1) is 0 Å². The highest BCUT2D eigenvalue weighted by atomic mass is 16.3. The summed E-state index contributed by atoms with van der Waals surface area (Å²) in [4.78, 5) is 16.8. The molecule has 1 saturated heterocycles. The summed E-state index contributed by atoms with van der Waals surface area (Å²) >= 11 is 0. The number of amides is 1. The van der Waals surface area contributed by atoms with Gasteiger partial charge in [0.1, 0.15) is 0 Å². The van der Waals surface area contributed by atoms with Gasteiger partial charge in [-0.3, -0.25) is 9.69 Å². The molecule has 2 rings (SSSR count). The van der Waals surface area contributed by atoms with Crippen LogP contribution in [0, 0.1) is 0 Å². The predicted octanol–water partition coefficient (Wildman–Crippen LogP) is 2.01. The third-order valence-corrected chi connectivity index (χ3v) is 5.05. The highest BCUT2D eigenvalue weighted by Gasteiger charge is 2.28. The minimum absolute atomic E-state index is 0.264. The van der Waals surface area contributed by atoms with Crippen LogP contribution in [0.4, 0.5) is 0 Å². The summed E-state index contributed by atoms with van der Waals surface area (Å²) in [5, 5.41) is 8.96. The number of carbonyl (C=O) groups excluding carboxylic acids is 1. The molecule has 0 aromatic heterocycles. The van der Waals surface area contributed by atoms with Crippen molar-refractivity contribution in [2.24, 2.45) is 0 Å². The summed E-state index contributed by atoms with van der Waals surface area (Å²) in [6, 6.07) is 0.973. The van der Waals surface area contributed by atoms with Crippen molar-refractivity contribution < 1.29 is 9.90 Å². The summed E-state index contributed by atoms with van der Waals surface area (Å²) < 4.78 is 0. The Bertz CT molecular complexity index is 303. The minimum Gasteiger partial charge on any atom is -0.396 e. The Morgan fingerprint density at radius 1 is 1.20 bits per heavy atom. The first-order valence-electron chi connectivity index (χ1n) is 8.33. The average Bonchev–Trinajstić information content (AvgIpc) is 2.92. The first-order chi connectivity index (χ1) is 9.72. The van der Waals surface area contributed by atoms with Crippen molar-refractivity contribution in [1.82, 2.24) is 9.80 Å². The molecular formula is C16H30N2O2. The van der Waals surface area contributed by atoms with E-state index >= 15 is 0 Å². The molecule has 0 radical (unpaired) electrons. The number of likely N-dealkylation sites (tertiary alicyclic amines) is 1. The molecule has 1 heterocycles. The molecule has 2 aliphatic rings. The van der Waals surface area contributed by atoms with E-state index in [0.29, 0.717) is 18.6 Å². The van der Waals surface area contributed by atoms with Crippen LogP contribution in [-0.4, -0.2) is 59.6 Å². The molecule has 1 amide bonds. The van der Waals surface area contributed by atoms with Crippen LogP contribution < -0.4 is 0 Å². The Hall–Kier alpha value is -0.610. The van der Waals surface area contributed by atoms with Crippen LogP contribution in [0.5, 0.6) is 0 Å². The number of nitrogens with zero attached hydrogens (tertiary/aromatic N) is 2. The van der Waals surface area contributed by atoms with Crippen molar-refractivity contribution in [3.8, 4) is 0 Å². The van der Waals surface area contributed by atoms with Gasteiger partial charge in [0.25, 0.3) is 0 Å². The second kappa shape index (κ2) is 7.99. The largest absolute Gasteiger partial charge is 0.396 e. The van der Waals surface area contributed by atoms with Gasteiger partial charge in [0.05, 0.1) is 6.54 Å². The third-order valence-electron chi connectivity index (χ3n) is 5.05. The SMILES string of the molecule is CN(C(=O)CN1CCCC1CCCO)C1CCCCC1. The van der Waals surface area contributed by atoms with Gasteiger partial charge in [0.2, 0.25) is 5.91 Å². The first kappa shape index (κ1) is 15.8. The Morgan fingerprint density at radius 3 is 2.65 bits per heavy atom. The van der Waals surface area contributed by atoms with Gasteiger partial charge >= 0.3 is 0 Å². The standard InChI is InChI=1S/C16H30N2O2/c1-17(14-7-3-2-4-8-14)16(20)13-18-11-5-9-15(18)10-6-12-19/h14-15,19H,2-13H2,1H3. The van der Waals surface area contributed by atoms with E-state index in [1.54, 1.807) is 0 Å². The number of aliphatic hydroxyl groups excluding tert-OH is 1. The molecule has 1 N–H and O–H groups in total. The number of likely N-dealkylation sites (N-methyl/N-ethyl adjacent to an activating group) is 1. The molecule has 0 spiro atoms. The third kappa shape index (κ3) is 4.19. The van der Waals surface area contributed by atoms with Gasteiger partial charge in [-0.1, -0.05) is 19.3 Å². The van der Waals surface area contributed by atoms with Gasteiger partial charge in [0, 0.05) is 25.7 Å². The lowest BCUT2D eigenvalue weighted by Crippen LogP contribution is -2.45. The van der Waals surface area contributed by atoms with Gasteiger partial charge in [0.15, 0.2) is 0 Å². The summed E-state index contributed by atoms with van der Waals surface area (Å²) in [7, 11) is 1.98. The Labute approximate surface area is 123 Å². The molecule has 0 aromatic carbocycles. The molecule has 1 aliphatic heterocycles. The second-order valence-electron chi connectivity index (χ2n) is 6.43. The molecule has 1 atom stereocenters. The first-order valence-corrected chi connectivity index (χ1v) is 8.33. The van der Waals surface area contributed by atoms with Gasteiger partial charge in [-0.25, -0.2) is 0 Å². The van der Waals surface area contributed by atoms with Crippen molar-refractivity contribution in [3.63, 3.8) is 0 Å². The van der Waals surface area contributed by atoms with Crippen molar-refractivity contribution in [2.75, 3.05) is 26.7 Å². The summed E-state index contributed by atoms with van der Waals surface area (Å²) in [5.41, 5.74) is 0. The highest BCUT2D eigenvalue weighted by Crippen LogP contribution is 2.24. The fourth-order valence-electron chi connectivity index (χ4n) is 3.71. The van der Waals surface area contributed by atoms with Gasteiger partial charge in [-0.2, -0.15) is 0 Å². The van der Waals surface area contributed by atoms with E-state index in [1.165, 1.54) is 44.9 Å². The summed E-state index contributed by atoms with van der Waals surface area (Å²) in [5.74, 6) is 0.285. The number of hydrogen-bond donors (Lipinski definition) is 1. The van der Waals surface area contributed by atoms with Crippen LogP contribution in [0.2, 0.25) is 0 Å². The fourth-order valence-corrected chi connectivity index (χ4v) is 3.71. The molecule has 116 valence electrons. The molecule has 0 bridgehead atoms. The Morgan fingerprint density at radius 2 is 1.95 bits per heavy atom. The van der Waals surface area contributed by atoms with Crippen molar-refractivity contribution in [3.05, 3.63) is 0 Å². The fraction of sp³-hybridized carbons (Fsp3) is 0.938. The molecule has 2 fully saturated rings. The van der Waals surface area contributed by atoms with E-state index in [-0.39, 0.29) is 12.5 Å². The van der Waals surface area contributed by atoms with Gasteiger partial charge < -0.3 is 10.0 Å². The molecule has 4 nitrogen and oxygen atoms in total. The average molecular weight is 282 g/mol. The van der Waals surface area contributed by atoms with E-state index in [4.69, 9.17) is 5.11 Å². The Kier molecular flexibility index (Phi) is 6.30. The molecular weight excluding hydrogens is 252 g/mol. The maximum atomic E-state index is 12.5. The molecule has 20 heavy (non-hydrogen) atoms. The van der Waals surface area contributed by atoms with E-state index in [0.717, 1.165) is 19.4 Å². The monoisotopic (exact) mass is 282 g/mol. The van der Waals surface area contributed by atoms with E-state index in [2.05, 4.69) is 4.90 Å². The van der Waals surface area contributed by atoms with E-state index in [1.807, 2.05) is 11.9 Å². The van der Waals surface area contributed by atoms with Crippen LogP contribution in [0.1, 0.15) is 57.8 Å². The molecule has 4 heteroatoms. The van der Waals surface area contributed by atoms with Gasteiger partial charge in [-0.05, 0) is 45.1 Å². The van der Waals surface area contributed by atoms with E-state index < -0.39 is 0 Å². The molecule has 1 aliphatic carbocycles. The van der Waals surface area contributed by atoms with E-state index in [9.17, 15) is 4.79 Å². The maximum absolute atomic E-state index is 12.5. The molecule has 1 unspecified atom stereocenters. The summed E-state index contributed by atoms with van der Waals surface area (Å²) in [6.07, 6.45) is 10.5. The van der Waals surface area contributed by atoms with Crippen LogP contribution >= 0.6 is 0 Å². The van der Waals surface area contributed by atoms with Crippen molar-refractivity contribution in [1.29, 1.82) is 0 Å². The number of aliphatic hydroxyl groups is 1. The normalized spacial score (nSPS) is 25.0. The number of rotatable bonds is 6. The van der Waals surface area contributed by atoms with Crippen LogP contribution in [-0.2, 0) is 4.79 Å². The zero-order chi connectivity index (χ0) is 14.4. The smallest absolute Gasteiger partial charge is 0.236 e.